The van der Waals surface area contributed by atoms with Crippen LogP contribution >= 0.6 is 0 Å². The summed E-state index contributed by atoms with van der Waals surface area (Å²) in [7, 11) is 0. The number of nitrogens with two attached hydrogens (primary N) is 1. The maximum atomic E-state index is 5.77. The van der Waals surface area contributed by atoms with E-state index in [1.165, 1.54) is 44.9 Å². The minimum Gasteiger partial charge on any atom is -0.494 e. The zero-order valence-electron chi connectivity index (χ0n) is 13.4. The Balaban J connectivity index is 2.10. The molecule has 0 aliphatic rings. The fourth-order valence-corrected chi connectivity index (χ4v) is 2.24. The van der Waals surface area contributed by atoms with Gasteiger partial charge in [-0.05, 0) is 24.6 Å². The first-order valence-electron chi connectivity index (χ1n) is 8.28. The van der Waals surface area contributed by atoms with E-state index >= 15 is 0 Å². The van der Waals surface area contributed by atoms with Gasteiger partial charge in [0, 0.05) is 5.56 Å². The molecule has 1 aromatic rings. The summed E-state index contributed by atoms with van der Waals surface area (Å²) in [6.45, 7) is 3.44. The number of hydrogen-bond donors (Lipinski definition) is 1. The summed E-state index contributed by atoms with van der Waals surface area (Å²) in [5.41, 5.74) is 6.34. The summed E-state index contributed by atoms with van der Waals surface area (Å²) in [4.78, 5) is 0. The molecule has 0 aliphatic carbocycles. The molecule has 2 nitrogen and oxygen atoms in total. The summed E-state index contributed by atoms with van der Waals surface area (Å²) in [5.74, 6) is 6.79. The molecule has 0 saturated heterocycles. The maximum Gasteiger partial charge on any atom is 0.120 e. The fraction of sp³-hybridized carbons (Fsp3) is 0.579. The minimum atomic E-state index is 0.392. The average molecular weight is 287 g/mol. The van der Waals surface area contributed by atoms with Gasteiger partial charge in [-0.2, -0.15) is 0 Å². The second kappa shape index (κ2) is 12.3. The Morgan fingerprint density at radius 1 is 1.00 bits per heavy atom. The molecule has 0 atom stereocenters. The summed E-state index contributed by atoms with van der Waals surface area (Å²) in [5, 5.41) is 0. The molecule has 0 heterocycles. The van der Waals surface area contributed by atoms with E-state index in [1.54, 1.807) is 0 Å². The molecule has 0 aliphatic heterocycles. The smallest absolute Gasteiger partial charge is 0.120 e. The zero-order chi connectivity index (χ0) is 15.2. The van der Waals surface area contributed by atoms with Gasteiger partial charge in [-0.3, -0.25) is 0 Å². The topological polar surface area (TPSA) is 35.2 Å². The average Bonchev–Trinajstić information content (AvgIpc) is 2.52. The second-order valence-corrected chi connectivity index (χ2v) is 5.36. The standard InChI is InChI=1S/C19H29NO/c1-2-3-4-5-6-7-8-9-16-21-19-14-10-12-18(17-19)13-11-15-20/h10,12,14,17H,2-9,15-16,20H2,1H3. The van der Waals surface area contributed by atoms with E-state index in [4.69, 9.17) is 10.5 Å². The number of ether oxygens (including phenoxy) is 1. The highest BCUT2D eigenvalue weighted by Gasteiger charge is 1.96. The Labute approximate surface area is 130 Å². The van der Waals surface area contributed by atoms with Crippen LogP contribution < -0.4 is 10.5 Å². The molecule has 0 fully saturated rings. The molecule has 0 bridgehead atoms. The number of unbranched alkanes of at least 4 members (excludes halogenated alkanes) is 7. The zero-order valence-corrected chi connectivity index (χ0v) is 13.4. The van der Waals surface area contributed by atoms with Gasteiger partial charge < -0.3 is 10.5 Å². The van der Waals surface area contributed by atoms with Crippen molar-refractivity contribution >= 4 is 0 Å². The molecule has 0 spiro atoms. The summed E-state index contributed by atoms with van der Waals surface area (Å²) in [6.07, 6.45) is 10.6. The first-order chi connectivity index (χ1) is 10.4. The predicted octanol–water partition coefficient (Wildman–Crippen LogP) is 4.52. The Hall–Kier alpha value is -1.46. The lowest BCUT2D eigenvalue weighted by Gasteiger charge is -2.06. The minimum absolute atomic E-state index is 0.392. The first-order valence-corrected chi connectivity index (χ1v) is 8.28. The van der Waals surface area contributed by atoms with Crippen molar-refractivity contribution in [1.82, 2.24) is 0 Å². The SMILES string of the molecule is CCCCCCCCCCOc1cccc(C#CCN)c1. The normalized spacial score (nSPS) is 10.0. The van der Waals surface area contributed by atoms with Crippen molar-refractivity contribution in [2.24, 2.45) is 5.73 Å². The van der Waals surface area contributed by atoms with E-state index in [-0.39, 0.29) is 0 Å². The largest absolute Gasteiger partial charge is 0.494 e. The van der Waals surface area contributed by atoms with Crippen molar-refractivity contribution in [3.8, 4) is 17.6 Å². The fourth-order valence-electron chi connectivity index (χ4n) is 2.24. The lowest BCUT2D eigenvalue weighted by molar-refractivity contribution is 0.304. The molecule has 2 N–H and O–H groups in total. The highest BCUT2D eigenvalue weighted by molar-refractivity contribution is 5.39. The van der Waals surface area contributed by atoms with E-state index in [1.807, 2.05) is 24.3 Å². The summed E-state index contributed by atoms with van der Waals surface area (Å²) < 4.78 is 5.77. The van der Waals surface area contributed by atoms with Gasteiger partial charge in [-0.15, -0.1) is 0 Å². The molecule has 0 aromatic heterocycles. The van der Waals surface area contributed by atoms with E-state index in [0.717, 1.165) is 24.3 Å². The van der Waals surface area contributed by atoms with Crippen molar-refractivity contribution in [2.45, 2.75) is 58.3 Å². The van der Waals surface area contributed by atoms with E-state index < -0.39 is 0 Å². The molecule has 1 aromatic carbocycles. The van der Waals surface area contributed by atoms with E-state index in [2.05, 4.69) is 18.8 Å². The third kappa shape index (κ3) is 9.15. The Bertz CT molecular complexity index is 431. The third-order valence-electron chi connectivity index (χ3n) is 3.44. The van der Waals surface area contributed by atoms with Gasteiger partial charge in [0.2, 0.25) is 0 Å². The monoisotopic (exact) mass is 287 g/mol. The highest BCUT2D eigenvalue weighted by Crippen LogP contribution is 2.14. The molecule has 21 heavy (non-hydrogen) atoms. The Morgan fingerprint density at radius 3 is 2.43 bits per heavy atom. The lowest BCUT2D eigenvalue weighted by Crippen LogP contribution is -1.97. The number of hydrogen-bond acceptors (Lipinski definition) is 2. The predicted molar refractivity (Wildman–Crippen MR) is 90.5 cm³/mol. The van der Waals surface area contributed by atoms with Gasteiger partial charge in [0.15, 0.2) is 0 Å². The van der Waals surface area contributed by atoms with Gasteiger partial charge in [0.05, 0.1) is 13.2 Å². The quantitative estimate of drug-likeness (QED) is 0.507. The lowest BCUT2D eigenvalue weighted by atomic mass is 10.1. The molecule has 1 rings (SSSR count). The Morgan fingerprint density at radius 2 is 1.71 bits per heavy atom. The molecule has 0 amide bonds. The van der Waals surface area contributed by atoms with Crippen molar-refractivity contribution < 1.29 is 4.74 Å². The number of rotatable bonds is 10. The van der Waals surface area contributed by atoms with Crippen LogP contribution in [0.1, 0.15) is 63.9 Å². The van der Waals surface area contributed by atoms with Crippen molar-refractivity contribution in [3.63, 3.8) is 0 Å². The van der Waals surface area contributed by atoms with Gasteiger partial charge in [-0.1, -0.05) is 69.8 Å². The maximum absolute atomic E-state index is 5.77. The Kier molecular flexibility index (Phi) is 10.3. The van der Waals surface area contributed by atoms with Crippen LogP contribution in [-0.2, 0) is 0 Å². The molecule has 2 heteroatoms. The summed E-state index contributed by atoms with van der Waals surface area (Å²) >= 11 is 0. The van der Waals surface area contributed by atoms with E-state index in [0.29, 0.717) is 6.54 Å². The van der Waals surface area contributed by atoms with Gasteiger partial charge in [0.25, 0.3) is 0 Å². The third-order valence-corrected chi connectivity index (χ3v) is 3.44. The second-order valence-electron chi connectivity index (χ2n) is 5.36. The molecular formula is C19H29NO. The van der Waals surface area contributed by atoms with Crippen LogP contribution in [0.4, 0.5) is 0 Å². The highest BCUT2D eigenvalue weighted by atomic mass is 16.5. The molecule has 116 valence electrons. The van der Waals surface area contributed by atoms with Crippen LogP contribution in [0.15, 0.2) is 24.3 Å². The van der Waals surface area contributed by atoms with Crippen molar-refractivity contribution in [3.05, 3.63) is 29.8 Å². The van der Waals surface area contributed by atoms with Crippen LogP contribution in [0, 0.1) is 11.8 Å². The van der Waals surface area contributed by atoms with Crippen LogP contribution in [-0.4, -0.2) is 13.2 Å². The van der Waals surface area contributed by atoms with Gasteiger partial charge in [-0.25, -0.2) is 0 Å². The van der Waals surface area contributed by atoms with Crippen LogP contribution in [0.2, 0.25) is 0 Å². The van der Waals surface area contributed by atoms with Gasteiger partial charge >= 0.3 is 0 Å². The van der Waals surface area contributed by atoms with Crippen LogP contribution in [0.3, 0.4) is 0 Å². The molecule has 0 saturated carbocycles. The van der Waals surface area contributed by atoms with Crippen LogP contribution in [0.25, 0.3) is 0 Å². The van der Waals surface area contributed by atoms with Crippen molar-refractivity contribution in [2.75, 3.05) is 13.2 Å². The number of benzene rings is 1. The van der Waals surface area contributed by atoms with E-state index in [9.17, 15) is 0 Å². The molecule has 0 radical (unpaired) electrons. The molecular weight excluding hydrogens is 258 g/mol. The molecule has 0 unspecified atom stereocenters. The van der Waals surface area contributed by atoms with Crippen molar-refractivity contribution in [1.29, 1.82) is 0 Å². The summed E-state index contributed by atoms with van der Waals surface area (Å²) in [6, 6.07) is 7.92. The van der Waals surface area contributed by atoms with Crippen LogP contribution in [0.5, 0.6) is 5.75 Å². The first kappa shape index (κ1) is 17.6. The van der Waals surface area contributed by atoms with Gasteiger partial charge in [0.1, 0.15) is 5.75 Å².